The average molecular weight is 348 g/mol. The van der Waals surface area contributed by atoms with Crippen LogP contribution in [-0.2, 0) is 14.2 Å². The highest BCUT2D eigenvalue weighted by Crippen LogP contribution is 2.54. The molecule has 3 heterocycles. The highest BCUT2D eigenvalue weighted by Gasteiger charge is 2.64. The van der Waals surface area contributed by atoms with Crippen LogP contribution < -0.4 is 0 Å². The molecule has 1 aliphatic carbocycles. The van der Waals surface area contributed by atoms with Crippen LogP contribution in [0.4, 0.5) is 0 Å². The van der Waals surface area contributed by atoms with Gasteiger partial charge >= 0.3 is 0 Å². The Hall–Kier alpha value is -0.320. The van der Waals surface area contributed by atoms with E-state index < -0.39 is 60.2 Å². The van der Waals surface area contributed by atoms with Crippen molar-refractivity contribution in [1.82, 2.24) is 0 Å². The van der Waals surface area contributed by atoms with Gasteiger partial charge in [0.15, 0.2) is 6.29 Å². The summed E-state index contributed by atoms with van der Waals surface area (Å²) in [6, 6.07) is 0. The van der Waals surface area contributed by atoms with Gasteiger partial charge in [-0.2, -0.15) is 0 Å². The van der Waals surface area contributed by atoms with Gasteiger partial charge in [-0.3, -0.25) is 0 Å². The predicted molar refractivity (Wildman–Crippen MR) is 81.0 cm³/mol. The quantitative estimate of drug-likeness (QED) is 0.424. The van der Waals surface area contributed by atoms with Crippen LogP contribution in [-0.4, -0.2) is 85.8 Å². The van der Waals surface area contributed by atoms with Crippen molar-refractivity contribution in [2.75, 3.05) is 6.61 Å². The Morgan fingerprint density at radius 1 is 1.00 bits per heavy atom. The minimum atomic E-state index is -1.50. The molecule has 1 saturated carbocycles. The second kappa shape index (κ2) is 5.85. The molecule has 0 aromatic heterocycles. The maximum Gasteiger partial charge on any atom is 0.187 e. The third-order valence-electron chi connectivity index (χ3n) is 6.03. The molecule has 0 unspecified atom stereocenters. The van der Waals surface area contributed by atoms with Crippen LogP contribution in [0.3, 0.4) is 0 Å². The molecule has 0 aromatic carbocycles. The first-order valence-corrected chi connectivity index (χ1v) is 8.42. The van der Waals surface area contributed by atoms with E-state index in [-0.39, 0.29) is 0 Å². The van der Waals surface area contributed by atoms with Crippen molar-refractivity contribution in [3.8, 4) is 0 Å². The summed E-state index contributed by atoms with van der Waals surface area (Å²) in [4.78, 5) is 0. The molecule has 2 bridgehead atoms. The van der Waals surface area contributed by atoms with Gasteiger partial charge in [-0.15, -0.1) is 0 Å². The highest BCUT2D eigenvalue weighted by atomic mass is 16.7. The lowest BCUT2D eigenvalue weighted by Gasteiger charge is -2.63. The van der Waals surface area contributed by atoms with Gasteiger partial charge in [0.1, 0.15) is 30.0 Å². The van der Waals surface area contributed by atoms with Crippen LogP contribution in [0.5, 0.6) is 0 Å². The standard InChI is InChI=1S/C16H28O8/c1-14(2)16(5-4-15(3,24-14)9(18)6-16)23-13-12(21)11(20)10(19)8(7-17)22-13/h8-13,17-21H,4-7H2,1-3H3/t8-,9-,10-,11+,12-,13+,15-,16-/m1/s1. The van der Waals surface area contributed by atoms with Crippen molar-refractivity contribution in [2.24, 2.45) is 0 Å². The zero-order valence-corrected chi connectivity index (χ0v) is 14.3. The van der Waals surface area contributed by atoms with Gasteiger partial charge in [0.05, 0.1) is 23.9 Å². The van der Waals surface area contributed by atoms with Crippen molar-refractivity contribution < 1.29 is 39.7 Å². The molecule has 0 radical (unpaired) electrons. The van der Waals surface area contributed by atoms with E-state index in [2.05, 4.69) is 0 Å². The minimum Gasteiger partial charge on any atom is -0.394 e. The summed E-state index contributed by atoms with van der Waals surface area (Å²) in [5.41, 5.74) is -2.28. The van der Waals surface area contributed by atoms with Gasteiger partial charge in [0.2, 0.25) is 0 Å². The van der Waals surface area contributed by atoms with Crippen molar-refractivity contribution in [2.45, 2.75) is 93.6 Å². The van der Waals surface area contributed by atoms with E-state index in [1.807, 2.05) is 20.8 Å². The Labute approximate surface area is 141 Å². The molecule has 24 heavy (non-hydrogen) atoms. The van der Waals surface area contributed by atoms with Gasteiger partial charge in [-0.25, -0.2) is 0 Å². The number of hydrogen-bond acceptors (Lipinski definition) is 8. The molecule has 4 aliphatic rings. The molecule has 0 aromatic rings. The van der Waals surface area contributed by atoms with Gasteiger partial charge in [-0.1, -0.05) is 0 Å². The average Bonchev–Trinajstić information content (AvgIpc) is 2.50. The molecule has 8 nitrogen and oxygen atoms in total. The molecular weight excluding hydrogens is 320 g/mol. The van der Waals surface area contributed by atoms with Crippen molar-refractivity contribution in [1.29, 1.82) is 0 Å². The molecule has 8 atom stereocenters. The van der Waals surface area contributed by atoms with Crippen LogP contribution >= 0.6 is 0 Å². The molecule has 3 saturated heterocycles. The first-order chi connectivity index (χ1) is 11.1. The van der Waals surface area contributed by atoms with Gasteiger partial charge in [0, 0.05) is 6.42 Å². The Balaban J connectivity index is 1.83. The third-order valence-corrected chi connectivity index (χ3v) is 6.03. The first kappa shape index (κ1) is 18.5. The summed E-state index contributed by atoms with van der Waals surface area (Å²) in [5, 5.41) is 49.7. The molecule has 4 fully saturated rings. The maximum absolute atomic E-state index is 10.4. The zero-order valence-electron chi connectivity index (χ0n) is 14.3. The molecule has 3 aliphatic heterocycles. The largest absolute Gasteiger partial charge is 0.394 e. The van der Waals surface area contributed by atoms with Crippen LogP contribution in [0.15, 0.2) is 0 Å². The normalized spacial score (nSPS) is 54.0. The van der Waals surface area contributed by atoms with Gasteiger partial charge in [-0.05, 0) is 33.6 Å². The van der Waals surface area contributed by atoms with Crippen LogP contribution in [0.1, 0.15) is 40.0 Å². The fraction of sp³-hybridized carbons (Fsp3) is 1.00. The van der Waals surface area contributed by atoms with Crippen LogP contribution in [0.25, 0.3) is 0 Å². The molecule has 0 spiro atoms. The fourth-order valence-corrected chi connectivity index (χ4v) is 4.22. The number of fused-ring (bicyclic) bond motifs is 3. The molecule has 8 heteroatoms. The van der Waals surface area contributed by atoms with E-state index in [9.17, 15) is 25.5 Å². The fourth-order valence-electron chi connectivity index (χ4n) is 4.22. The van der Waals surface area contributed by atoms with E-state index in [0.717, 1.165) is 0 Å². The highest BCUT2D eigenvalue weighted by molar-refractivity contribution is 5.13. The second-order valence-corrected chi connectivity index (χ2v) is 7.95. The van der Waals surface area contributed by atoms with Crippen LogP contribution in [0.2, 0.25) is 0 Å². The van der Waals surface area contributed by atoms with E-state index in [1.165, 1.54) is 0 Å². The summed E-state index contributed by atoms with van der Waals surface area (Å²) >= 11 is 0. The lowest BCUT2D eigenvalue weighted by molar-refractivity contribution is -0.396. The molecule has 0 amide bonds. The lowest BCUT2D eigenvalue weighted by atomic mass is 9.64. The molecule has 5 N–H and O–H groups in total. The topological polar surface area (TPSA) is 129 Å². The number of ether oxygens (including phenoxy) is 3. The summed E-state index contributed by atoms with van der Waals surface area (Å²) in [7, 11) is 0. The van der Waals surface area contributed by atoms with E-state index in [1.54, 1.807) is 0 Å². The molecule has 140 valence electrons. The Morgan fingerprint density at radius 2 is 1.67 bits per heavy atom. The predicted octanol–water partition coefficient (Wildman–Crippen LogP) is -1.35. The SMILES string of the molecule is CC1(C)O[C@]2(C)CC[C@@]1(O[C@@H]1O[C@H](CO)[C@@H](O)[C@H](O)[C@H]1O)C[C@H]2O. The van der Waals surface area contributed by atoms with E-state index in [4.69, 9.17) is 14.2 Å². The number of aliphatic hydroxyl groups is 5. The van der Waals surface area contributed by atoms with E-state index >= 15 is 0 Å². The monoisotopic (exact) mass is 348 g/mol. The van der Waals surface area contributed by atoms with Crippen molar-refractivity contribution >= 4 is 0 Å². The Morgan fingerprint density at radius 3 is 2.21 bits per heavy atom. The molecule has 4 rings (SSSR count). The summed E-state index contributed by atoms with van der Waals surface area (Å²) in [6.45, 7) is 5.08. The summed E-state index contributed by atoms with van der Waals surface area (Å²) in [6.07, 6.45) is -5.89. The second-order valence-electron chi connectivity index (χ2n) is 7.95. The van der Waals surface area contributed by atoms with Crippen molar-refractivity contribution in [3.05, 3.63) is 0 Å². The van der Waals surface area contributed by atoms with Gasteiger partial charge in [0.25, 0.3) is 0 Å². The molecular formula is C16H28O8. The maximum atomic E-state index is 10.4. The zero-order chi connectivity index (χ0) is 17.9. The van der Waals surface area contributed by atoms with Crippen molar-refractivity contribution in [3.63, 3.8) is 0 Å². The number of rotatable bonds is 3. The summed E-state index contributed by atoms with van der Waals surface area (Å²) in [5.74, 6) is 0. The third kappa shape index (κ3) is 2.60. The minimum absolute atomic E-state index is 0.311. The Bertz CT molecular complexity index is 483. The number of hydrogen-bond donors (Lipinski definition) is 5. The van der Waals surface area contributed by atoms with E-state index in [0.29, 0.717) is 19.3 Å². The van der Waals surface area contributed by atoms with Crippen LogP contribution in [0, 0.1) is 0 Å². The first-order valence-electron chi connectivity index (χ1n) is 8.42. The smallest absolute Gasteiger partial charge is 0.187 e. The van der Waals surface area contributed by atoms with Gasteiger partial charge < -0.3 is 39.7 Å². The Kier molecular flexibility index (Phi) is 4.50. The number of aliphatic hydroxyl groups excluding tert-OH is 5. The summed E-state index contributed by atoms with van der Waals surface area (Å²) < 4.78 is 17.6. The lowest BCUT2D eigenvalue weighted by Crippen LogP contribution is -2.73.